The topological polar surface area (TPSA) is 45.8 Å². The predicted octanol–water partition coefficient (Wildman–Crippen LogP) is 2.77. The highest BCUT2D eigenvalue weighted by atomic mass is 16.1. The molecule has 0 radical (unpaired) electrons. The second kappa shape index (κ2) is 6.02. The molecule has 1 aromatic rings. The van der Waals surface area contributed by atoms with E-state index in [1.54, 1.807) is 0 Å². The summed E-state index contributed by atoms with van der Waals surface area (Å²) in [4.78, 5) is 11.3. The molecular weight excluding hydrogens is 188 g/mol. The summed E-state index contributed by atoms with van der Waals surface area (Å²) in [7, 11) is 0. The van der Waals surface area contributed by atoms with Gasteiger partial charge in [0.2, 0.25) is 0 Å². The van der Waals surface area contributed by atoms with Crippen LogP contribution in [0.3, 0.4) is 0 Å². The van der Waals surface area contributed by atoms with Crippen LogP contribution in [-0.4, -0.2) is 10.4 Å². The van der Waals surface area contributed by atoms with Crippen LogP contribution in [0, 0.1) is 11.3 Å². The molecule has 0 N–H and O–H groups in total. The lowest BCUT2D eigenvalue weighted by molar-refractivity contribution is 0.0988. The minimum Gasteiger partial charge on any atom is -0.354 e. The summed E-state index contributed by atoms with van der Waals surface area (Å²) in [5.74, 6) is 0.186. The summed E-state index contributed by atoms with van der Waals surface area (Å²) in [6.45, 7) is 2.76. The quantitative estimate of drug-likeness (QED) is 0.528. The van der Waals surface area contributed by atoms with Crippen LogP contribution in [0.15, 0.2) is 18.5 Å². The number of nitriles is 1. The van der Waals surface area contributed by atoms with Gasteiger partial charge < -0.3 is 4.57 Å². The van der Waals surface area contributed by atoms with Crippen molar-refractivity contribution in [1.82, 2.24) is 4.57 Å². The zero-order valence-electron chi connectivity index (χ0n) is 9.07. The van der Waals surface area contributed by atoms with Crippen molar-refractivity contribution in [3.8, 4) is 6.07 Å². The number of ketones is 1. The van der Waals surface area contributed by atoms with Gasteiger partial charge in [-0.3, -0.25) is 4.79 Å². The molecule has 15 heavy (non-hydrogen) atoms. The third-order valence-electron chi connectivity index (χ3n) is 2.35. The fraction of sp³-hybridized carbons (Fsp3) is 0.500. The van der Waals surface area contributed by atoms with Gasteiger partial charge in [0.05, 0.1) is 6.07 Å². The van der Waals surface area contributed by atoms with Gasteiger partial charge in [-0.05, 0) is 18.9 Å². The van der Waals surface area contributed by atoms with Crippen LogP contribution in [-0.2, 0) is 6.54 Å². The van der Waals surface area contributed by atoms with Crippen LogP contribution < -0.4 is 0 Å². The molecule has 3 heteroatoms. The molecule has 0 amide bonds. The van der Waals surface area contributed by atoms with E-state index in [2.05, 4.69) is 6.07 Å². The average Bonchev–Trinajstić information content (AvgIpc) is 2.72. The number of aromatic nitrogens is 1. The van der Waals surface area contributed by atoms with Crippen LogP contribution >= 0.6 is 0 Å². The molecule has 0 unspecified atom stereocenters. The van der Waals surface area contributed by atoms with Gasteiger partial charge in [-0.15, -0.1) is 0 Å². The second-order valence-electron chi connectivity index (χ2n) is 3.53. The van der Waals surface area contributed by atoms with Crippen molar-refractivity contribution in [3.05, 3.63) is 24.0 Å². The molecular formula is C12H16N2O. The first-order chi connectivity index (χ1) is 7.27. The Morgan fingerprint density at radius 3 is 3.00 bits per heavy atom. The molecule has 0 saturated carbocycles. The number of rotatable bonds is 6. The van der Waals surface area contributed by atoms with E-state index < -0.39 is 0 Å². The van der Waals surface area contributed by atoms with E-state index in [9.17, 15) is 4.79 Å². The number of aryl methyl sites for hydroxylation is 1. The number of hydrogen-bond acceptors (Lipinski definition) is 2. The maximum absolute atomic E-state index is 11.3. The first kappa shape index (κ1) is 11.5. The first-order valence-corrected chi connectivity index (χ1v) is 5.34. The van der Waals surface area contributed by atoms with Crippen molar-refractivity contribution in [2.75, 3.05) is 0 Å². The Bertz CT molecular complexity index is 360. The van der Waals surface area contributed by atoms with Gasteiger partial charge in [0.25, 0.3) is 0 Å². The van der Waals surface area contributed by atoms with E-state index in [0.29, 0.717) is 12.8 Å². The molecule has 0 aliphatic rings. The number of Topliss-reactive ketones (excluding diaryl/α,β-unsaturated/α-hetero) is 1. The van der Waals surface area contributed by atoms with Crippen LogP contribution in [0.25, 0.3) is 0 Å². The zero-order chi connectivity index (χ0) is 11.1. The highest BCUT2D eigenvalue weighted by molar-refractivity contribution is 5.95. The molecule has 0 aromatic carbocycles. The largest absolute Gasteiger partial charge is 0.354 e. The Balaban J connectivity index is 2.40. The highest BCUT2D eigenvalue weighted by Crippen LogP contribution is 2.06. The third kappa shape index (κ3) is 3.59. The average molecular weight is 204 g/mol. The molecule has 0 spiro atoms. The van der Waals surface area contributed by atoms with Gasteiger partial charge in [0.1, 0.15) is 0 Å². The van der Waals surface area contributed by atoms with Crippen molar-refractivity contribution in [3.63, 3.8) is 0 Å². The summed E-state index contributed by atoms with van der Waals surface area (Å²) >= 11 is 0. The molecule has 0 atom stereocenters. The molecule has 1 aromatic heterocycles. The van der Waals surface area contributed by atoms with Gasteiger partial charge in [-0.1, -0.05) is 6.92 Å². The number of unbranched alkanes of at least 4 members (excludes halogenated alkanes) is 2. The monoisotopic (exact) mass is 204 g/mol. The highest BCUT2D eigenvalue weighted by Gasteiger charge is 2.04. The number of carbonyl (C=O) groups excluding carboxylic acids is 1. The van der Waals surface area contributed by atoms with E-state index in [-0.39, 0.29) is 5.78 Å². The van der Waals surface area contributed by atoms with Crippen LogP contribution in [0.2, 0.25) is 0 Å². The molecule has 1 rings (SSSR count). The first-order valence-electron chi connectivity index (χ1n) is 5.34. The normalized spacial score (nSPS) is 9.87. The summed E-state index contributed by atoms with van der Waals surface area (Å²) in [5.41, 5.74) is 0.790. The SMILES string of the molecule is CCC(=O)c1ccn(CCCCC#N)c1. The van der Waals surface area contributed by atoms with Crippen molar-refractivity contribution in [2.24, 2.45) is 0 Å². The predicted molar refractivity (Wildman–Crippen MR) is 58.5 cm³/mol. The van der Waals surface area contributed by atoms with E-state index in [0.717, 1.165) is 24.9 Å². The van der Waals surface area contributed by atoms with Crippen molar-refractivity contribution < 1.29 is 4.79 Å². The Labute approximate surface area is 90.3 Å². The number of hydrogen-bond donors (Lipinski definition) is 0. The minimum absolute atomic E-state index is 0.186. The summed E-state index contributed by atoms with van der Waals surface area (Å²) in [6, 6.07) is 3.98. The Kier molecular flexibility index (Phi) is 4.62. The second-order valence-corrected chi connectivity index (χ2v) is 3.53. The lowest BCUT2D eigenvalue weighted by Gasteiger charge is -2.00. The molecule has 0 aliphatic heterocycles. The summed E-state index contributed by atoms with van der Waals surface area (Å²) < 4.78 is 2.01. The van der Waals surface area contributed by atoms with E-state index >= 15 is 0 Å². The molecule has 0 aliphatic carbocycles. The van der Waals surface area contributed by atoms with Crippen molar-refractivity contribution >= 4 is 5.78 Å². The molecule has 0 fully saturated rings. The lowest BCUT2D eigenvalue weighted by Crippen LogP contribution is -1.96. The maximum Gasteiger partial charge on any atom is 0.164 e. The smallest absolute Gasteiger partial charge is 0.164 e. The minimum atomic E-state index is 0.186. The third-order valence-corrected chi connectivity index (χ3v) is 2.35. The van der Waals surface area contributed by atoms with Gasteiger partial charge in [-0.25, -0.2) is 0 Å². The van der Waals surface area contributed by atoms with Gasteiger partial charge in [0, 0.05) is 37.3 Å². The number of nitrogens with zero attached hydrogens (tertiary/aromatic N) is 2. The molecule has 3 nitrogen and oxygen atoms in total. The lowest BCUT2D eigenvalue weighted by atomic mass is 10.2. The van der Waals surface area contributed by atoms with Crippen LogP contribution in [0.5, 0.6) is 0 Å². The Morgan fingerprint density at radius 1 is 1.53 bits per heavy atom. The molecule has 0 saturated heterocycles. The van der Waals surface area contributed by atoms with Crippen molar-refractivity contribution in [1.29, 1.82) is 5.26 Å². The van der Waals surface area contributed by atoms with E-state index in [1.807, 2.05) is 30.0 Å². The van der Waals surface area contributed by atoms with Crippen LogP contribution in [0.4, 0.5) is 0 Å². The fourth-order valence-electron chi connectivity index (χ4n) is 1.45. The fourth-order valence-corrected chi connectivity index (χ4v) is 1.45. The van der Waals surface area contributed by atoms with Gasteiger partial charge in [-0.2, -0.15) is 5.26 Å². The standard InChI is InChI=1S/C12H16N2O/c1-2-12(15)11-6-9-14(10-11)8-5-3-4-7-13/h6,9-10H,2-5,8H2,1H3. The van der Waals surface area contributed by atoms with E-state index in [4.69, 9.17) is 5.26 Å². The van der Waals surface area contributed by atoms with Crippen molar-refractivity contribution in [2.45, 2.75) is 39.2 Å². The Hall–Kier alpha value is -1.56. The Morgan fingerprint density at radius 2 is 2.33 bits per heavy atom. The molecule has 80 valence electrons. The molecule has 1 heterocycles. The zero-order valence-corrected chi connectivity index (χ0v) is 9.07. The van der Waals surface area contributed by atoms with Gasteiger partial charge in [0.15, 0.2) is 5.78 Å². The van der Waals surface area contributed by atoms with E-state index in [1.165, 1.54) is 0 Å². The molecule has 0 bridgehead atoms. The maximum atomic E-state index is 11.3. The van der Waals surface area contributed by atoms with Crippen LogP contribution in [0.1, 0.15) is 43.0 Å². The number of carbonyl (C=O) groups is 1. The summed E-state index contributed by atoms with van der Waals surface area (Å²) in [5, 5.41) is 8.37. The summed E-state index contributed by atoms with van der Waals surface area (Å²) in [6.07, 6.45) is 6.89. The van der Waals surface area contributed by atoms with Gasteiger partial charge >= 0.3 is 0 Å².